The molecule has 116 valence electrons. The lowest BCUT2D eigenvalue weighted by Crippen LogP contribution is -2.42. The molecule has 1 aromatic carbocycles. The van der Waals surface area contributed by atoms with Crippen molar-refractivity contribution in [2.24, 2.45) is 0 Å². The number of aliphatic carboxylic acids is 1. The van der Waals surface area contributed by atoms with Crippen molar-refractivity contribution in [2.75, 3.05) is 7.11 Å². The van der Waals surface area contributed by atoms with Crippen molar-refractivity contribution in [2.45, 2.75) is 19.0 Å². The summed E-state index contributed by atoms with van der Waals surface area (Å²) in [7, 11) is 1.18. The van der Waals surface area contributed by atoms with Gasteiger partial charge in [0.1, 0.15) is 6.04 Å². The molecule has 0 aliphatic heterocycles. The average Bonchev–Trinajstić information content (AvgIpc) is 2.94. The van der Waals surface area contributed by atoms with Crippen LogP contribution in [0, 0.1) is 0 Å². The fourth-order valence-corrected chi connectivity index (χ4v) is 2.00. The van der Waals surface area contributed by atoms with Crippen LogP contribution >= 0.6 is 0 Å². The van der Waals surface area contributed by atoms with E-state index in [9.17, 15) is 9.59 Å². The highest BCUT2D eigenvalue weighted by Crippen LogP contribution is 2.06. The molecule has 1 amide bonds. The number of nitrogens with zero attached hydrogens (tertiary/aromatic N) is 2. The Kier molecular flexibility index (Phi) is 5.13. The molecule has 2 rings (SSSR count). The van der Waals surface area contributed by atoms with E-state index in [1.54, 1.807) is 12.5 Å². The molecule has 0 fully saturated rings. The second-order valence-corrected chi connectivity index (χ2v) is 4.75. The first kappa shape index (κ1) is 15.6. The summed E-state index contributed by atoms with van der Waals surface area (Å²) in [6, 6.07) is 8.77. The average molecular weight is 303 g/mol. The number of aromatic nitrogens is 2. The van der Waals surface area contributed by atoms with Crippen LogP contribution in [0.25, 0.3) is 0 Å². The Morgan fingerprint density at radius 1 is 1.36 bits per heavy atom. The molecule has 22 heavy (non-hydrogen) atoms. The van der Waals surface area contributed by atoms with Crippen molar-refractivity contribution in [3.8, 4) is 0 Å². The van der Waals surface area contributed by atoms with Gasteiger partial charge in [-0.3, -0.25) is 0 Å². The molecule has 0 radical (unpaired) electrons. The zero-order valence-corrected chi connectivity index (χ0v) is 12.1. The van der Waals surface area contributed by atoms with Crippen LogP contribution in [0.2, 0.25) is 0 Å². The van der Waals surface area contributed by atoms with E-state index in [0.29, 0.717) is 12.2 Å². The number of benzene rings is 1. The minimum Gasteiger partial charge on any atom is -0.480 e. The third kappa shape index (κ3) is 4.34. The molecule has 0 spiro atoms. The molecule has 0 saturated heterocycles. The minimum absolute atomic E-state index is 0.0895. The summed E-state index contributed by atoms with van der Waals surface area (Å²) in [6.07, 6.45) is 2.71. The van der Waals surface area contributed by atoms with Gasteiger partial charge in [-0.15, -0.1) is 0 Å². The molecule has 1 aromatic heterocycles. The molecular weight excluding hydrogens is 286 g/mol. The topological polar surface area (TPSA) is 93.5 Å². The molecule has 7 heteroatoms. The number of amides is 1. The van der Waals surface area contributed by atoms with E-state index >= 15 is 0 Å². The van der Waals surface area contributed by atoms with E-state index in [2.05, 4.69) is 15.0 Å². The Labute approximate surface area is 127 Å². The van der Waals surface area contributed by atoms with Crippen molar-refractivity contribution >= 4 is 12.1 Å². The lowest BCUT2D eigenvalue weighted by Gasteiger charge is -2.11. The summed E-state index contributed by atoms with van der Waals surface area (Å²) >= 11 is 0. The predicted octanol–water partition coefficient (Wildman–Crippen LogP) is 1.28. The van der Waals surface area contributed by atoms with Crippen molar-refractivity contribution in [1.29, 1.82) is 0 Å². The fraction of sp³-hybridized carbons (Fsp3) is 0.267. The number of rotatable bonds is 6. The zero-order valence-electron chi connectivity index (χ0n) is 12.1. The number of carboxylic acids is 1. The number of nitrogens with one attached hydrogen (secondary N) is 1. The number of ether oxygens (including phenoxy) is 1. The Balaban J connectivity index is 2.00. The SMILES string of the molecule is COC(=O)NC(Cc1cn(Cc2ccccc2)cn1)C(=O)O. The van der Waals surface area contributed by atoms with E-state index in [1.807, 2.05) is 34.9 Å². The van der Waals surface area contributed by atoms with Gasteiger partial charge in [-0.25, -0.2) is 14.6 Å². The Bertz CT molecular complexity index is 639. The van der Waals surface area contributed by atoms with Crippen molar-refractivity contribution < 1.29 is 19.4 Å². The van der Waals surface area contributed by atoms with Crippen LogP contribution in [-0.2, 0) is 22.5 Å². The second kappa shape index (κ2) is 7.26. The molecule has 0 bridgehead atoms. The molecule has 1 unspecified atom stereocenters. The van der Waals surface area contributed by atoms with Crippen LogP contribution < -0.4 is 5.32 Å². The summed E-state index contributed by atoms with van der Waals surface area (Å²) < 4.78 is 6.28. The van der Waals surface area contributed by atoms with Crippen LogP contribution in [0.15, 0.2) is 42.9 Å². The van der Waals surface area contributed by atoms with Gasteiger partial charge in [0.2, 0.25) is 0 Å². The van der Waals surface area contributed by atoms with Gasteiger partial charge in [-0.1, -0.05) is 30.3 Å². The quantitative estimate of drug-likeness (QED) is 0.838. The second-order valence-electron chi connectivity index (χ2n) is 4.75. The maximum absolute atomic E-state index is 11.1. The van der Waals surface area contributed by atoms with Crippen LogP contribution in [0.3, 0.4) is 0 Å². The first-order valence-corrected chi connectivity index (χ1v) is 6.70. The number of carbonyl (C=O) groups is 2. The van der Waals surface area contributed by atoms with Gasteiger partial charge >= 0.3 is 12.1 Å². The van der Waals surface area contributed by atoms with Gasteiger partial charge in [0.15, 0.2) is 0 Å². The lowest BCUT2D eigenvalue weighted by atomic mass is 10.1. The fourth-order valence-electron chi connectivity index (χ4n) is 2.00. The summed E-state index contributed by atoms with van der Waals surface area (Å²) in [6.45, 7) is 0.649. The predicted molar refractivity (Wildman–Crippen MR) is 78.4 cm³/mol. The number of carbonyl (C=O) groups excluding carboxylic acids is 1. The Morgan fingerprint density at radius 2 is 2.09 bits per heavy atom. The van der Waals surface area contributed by atoms with Gasteiger partial charge in [0, 0.05) is 19.2 Å². The lowest BCUT2D eigenvalue weighted by molar-refractivity contribution is -0.139. The number of alkyl carbamates (subject to hydrolysis) is 1. The van der Waals surface area contributed by atoms with Crippen LogP contribution in [0.1, 0.15) is 11.3 Å². The molecule has 1 atom stereocenters. The van der Waals surface area contributed by atoms with Crippen LogP contribution in [-0.4, -0.2) is 39.9 Å². The number of imidazole rings is 1. The van der Waals surface area contributed by atoms with Crippen LogP contribution in [0.5, 0.6) is 0 Å². The third-order valence-electron chi connectivity index (χ3n) is 3.08. The minimum atomic E-state index is -1.14. The highest BCUT2D eigenvalue weighted by atomic mass is 16.5. The molecule has 2 N–H and O–H groups in total. The molecule has 0 aliphatic carbocycles. The van der Waals surface area contributed by atoms with Gasteiger partial charge in [-0.2, -0.15) is 0 Å². The zero-order chi connectivity index (χ0) is 15.9. The maximum Gasteiger partial charge on any atom is 0.407 e. The summed E-state index contributed by atoms with van der Waals surface area (Å²) in [5, 5.41) is 11.4. The van der Waals surface area contributed by atoms with Crippen molar-refractivity contribution in [3.63, 3.8) is 0 Å². The Hall–Kier alpha value is -2.83. The third-order valence-corrected chi connectivity index (χ3v) is 3.08. The largest absolute Gasteiger partial charge is 0.480 e. The van der Waals surface area contributed by atoms with E-state index in [1.165, 1.54) is 7.11 Å². The van der Waals surface area contributed by atoms with Crippen molar-refractivity contribution in [3.05, 3.63) is 54.1 Å². The number of carboxylic acid groups (broad SMARTS) is 1. The highest BCUT2D eigenvalue weighted by Gasteiger charge is 2.21. The molecule has 2 aromatic rings. The van der Waals surface area contributed by atoms with E-state index in [4.69, 9.17) is 5.11 Å². The monoisotopic (exact) mass is 303 g/mol. The first-order valence-electron chi connectivity index (χ1n) is 6.70. The smallest absolute Gasteiger partial charge is 0.407 e. The van der Waals surface area contributed by atoms with Crippen molar-refractivity contribution in [1.82, 2.24) is 14.9 Å². The first-order chi connectivity index (χ1) is 10.6. The standard InChI is InChI=1S/C15H17N3O4/c1-22-15(21)17-13(14(19)20)7-12-9-18(10-16-12)8-11-5-3-2-4-6-11/h2-6,9-10,13H,7-8H2,1H3,(H,17,21)(H,19,20). The van der Waals surface area contributed by atoms with E-state index in [-0.39, 0.29) is 6.42 Å². The molecule has 7 nitrogen and oxygen atoms in total. The molecule has 1 heterocycles. The van der Waals surface area contributed by atoms with Crippen LogP contribution in [0.4, 0.5) is 4.79 Å². The normalized spacial score (nSPS) is 11.7. The summed E-state index contributed by atoms with van der Waals surface area (Å²) in [5.74, 6) is -1.14. The molecule has 0 saturated carbocycles. The Morgan fingerprint density at radius 3 is 2.73 bits per heavy atom. The summed E-state index contributed by atoms with van der Waals surface area (Å²) in [5.41, 5.74) is 1.70. The maximum atomic E-state index is 11.1. The number of hydrogen-bond donors (Lipinski definition) is 2. The van der Waals surface area contributed by atoms with Gasteiger partial charge in [-0.05, 0) is 5.56 Å². The van der Waals surface area contributed by atoms with Gasteiger partial charge in [0.25, 0.3) is 0 Å². The van der Waals surface area contributed by atoms with E-state index in [0.717, 1.165) is 5.56 Å². The number of methoxy groups -OCH3 is 1. The van der Waals surface area contributed by atoms with Gasteiger partial charge < -0.3 is 19.7 Å². The van der Waals surface area contributed by atoms with Gasteiger partial charge in [0.05, 0.1) is 19.1 Å². The van der Waals surface area contributed by atoms with E-state index < -0.39 is 18.1 Å². The molecule has 0 aliphatic rings. The molecular formula is C15H17N3O4. The highest BCUT2D eigenvalue weighted by molar-refractivity contribution is 5.80. The summed E-state index contributed by atoms with van der Waals surface area (Å²) in [4.78, 5) is 26.5. The number of hydrogen-bond acceptors (Lipinski definition) is 4.